The van der Waals surface area contributed by atoms with Gasteiger partial charge in [0.15, 0.2) is 0 Å². The van der Waals surface area contributed by atoms with E-state index >= 15 is 0 Å². The van der Waals surface area contributed by atoms with Crippen molar-refractivity contribution in [1.29, 1.82) is 0 Å². The van der Waals surface area contributed by atoms with Gasteiger partial charge < -0.3 is 19.4 Å². The van der Waals surface area contributed by atoms with Crippen LogP contribution in [0.3, 0.4) is 0 Å². The molecule has 36 heavy (non-hydrogen) atoms. The van der Waals surface area contributed by atoms with E-state index in [0.29, 0.717) is 18.6 Å². The second-order valence-electron chi connectivity index (χ2n) is 10.6. The molecule has 1 aromatic heterocycles. The van der Waals surface area contributed by atoms with E-state index in [1.165, 1.54) is 29.8 Å². The fraction of sp³-hybridized carbons (Fsp3) is 0.607. The van der Waals surface area contributed by atoms with Gasteiger partial charge in [0.25, 0.3) is 0 Å². The molecule has 4 heterocycles. The van der Waals surface area contributed by atoms with Crippen LogP contribution in [0.15, 0.2) is 41.5 Å². The number of aliphatic imine (C=N–C) groups is 1. The maximum atomic E-state index is 6.05. The van der Waals surface area contributed by atoms with Gasteiger partial charge in [-0.05, 0) is 126 Å². The quantitative estimate of drug-likeness (QED) is 0.269. The molecule has 2 aromatic rings. The highest BCUT2D eigenvalue weighted by molar-refractivity contribution is 14.2. The van der Waals surface area contributed by atoms with Crippen LogP contribution in [0.2, 0.25) is 0 Å². The molecule has 2 fully saturated rings. The van der Waals surface area contributed by atoms with Crippen molar-refractivity contribution in [3.8, 4) is 5.75 Å². The fourth-order valence-corrected chi connectivity index (χ4v) is 6.52. The maximum Gasteiger partial charge on any atom is 0.206 e. The predicted molar refractivity (Wildman–Crippen MR) is 163 cm³/mol. The van der Waals surface area contributed by atoms with Gasteiger partial charge in [-0.1, -0.05) is 19.1 Å². The summed E-state index contributed by atoms with van der Waals surface area (Å²) in [5.74, 6) is 3.33. The summed E-state index contributed by atoms with van der Waals surface area (Å²) in [6.07, 6.45) is 9.11. The first kappa shape index (κ1) is 26.9. The van der Waals surface area contributed by atoms with Crippen LogP contribution in [0.5, 0.6) is 5.75 Å². The molecular weight excluding hydrogens is 678 g/mol. The Morgan fingerprint density at radius 3 is 2.67 bits per heavy atom. The van der Waals surface area contributed by atoms with E-state index in [1.807, 2.05) is 0 Å². The summed E-state index contributed by atoms with van der Waals surface area (Å²) in [4.78, 5) is 7.74. The Bertz CT molecular complexity index is 1030. The number of fused-ring (bicyclic) bond motifs is 1. The molecule has 3 aliphatic rings. The van der Waals surface area contributed by atoms with Gasteiger partial charge in [0.05, 0.1) is 19.3 Å². The summed E-state index contributed by atoms with van der Waals surface area (Å²) < 4.78 is 14.3. The first-order chi connectivity index (χ1) is 17.4. The van der Waals surface area contributed by atoms with Crippen molar-refractivity contribution < 1.29 is 9.47 Å². The maximum absolute atomic E-state index is 6.05. The molecule has 0 spiro atoms. The highest BCUT2D eigenvalue weighted by Gasteiger charge is 2.37. The number of benzene rings is 1. The lowest BCUT2D eigenvalue weighted by Gasteiger charge is -2.44. The minimum atomic E-state index is -0.260. The normalized spacial score (nSPS) is 27.2. The number of rotatable bonds is 6. The average molecular weight is 716 g/mol. The van der Waals surface area contributed by atoms with Gasteiger partial charge in [0.1, 0.15) is 11.6 Å². The molecule has 1 N–H and O–H groups in total. The molecule has 3 atom stereocenters. The molecule has 0 amide bonds. The van der Waals surface area contributed by atoms with E-state index in [9.17, 15) is 0 Å². The fourth-order valence-electron chi connectivity index (χ4n) is 6.01. The van der Waals surface area contributed by atoms with Crippen molar-refractivity contribution in [2.45, 2.75) is 59.8 Å². The third kappa shape index (κ3) is 6.47. The van der Waals surface area contributed by atoms with Crippen LogP contribution in [0.4, 0.5) is 5.82 Å². The summed E-state index contributed by atoms with van der Waals surface area (Å²) in [5, 5.41) is 3.50. The van der Waals surface area contributed by atoms with Gasteiger partial charge in [-0.25, -0.2) is 4.99 Å². The number of hydrogen-bond donors (Lipinski definition) is 1. The summed E-state index contributed by atoms with van der Waals surface area (Å²) in [5.41, 5.74) is 2.67. The SMILES string of the molecule is CC1CC/C=N\c2c(ccn2CC2CCNCC2)C1N1CCOCC1c1ccc(OC(C)(I)I)cc1. The molecule has 3 aliphatic heterocycles. The first-order valence-corrected chi connectivity index (χ1v) is 15.5. The third-order valence-electron chi connectivity index (χ3n) is 7.79. The van der Waals surface area contributed by atoms with Gasteiger partial charge in [-0.2, -0.15) is 0 Å². The Labute approximate surface area is 242 Å². The smallest absolute Gasteiger partial charge is 0.206 e. The molecule has 3 unspecified atom stereocenters. The number of hydrogen-bond acceptors (Lipinski definition) is 5. The van der Waals surface area contributed by atoms with E-state index in [4.69, 9.17) is 14.5 Å². The van der Waals surface area contributed by atoms with Gasteiger partial charge in [-0.3, -0.25) is 4.90 Å². The van der Waals surface area contributed by atoms with Crippen molar-refractivity contribution in [1.82, 2.24) is 14.8 Å². The molecule has 8 heteroatoms. The van der Waals surface area contributed by atoms with Crippen molar-refractivity contribution in [3.63, 3.8) is 0 Å². The zero-order valence-electron chi connectivity index (χ0n) is 21.3. The molecule has 0 radical (unpaired) electrons. The summed E-state index contributed by atoms with van der Waals surface area (Å²) in [6, 6.07) is 11.5. The number of nitrogens with zero attached hydrogens (tertiary/aromatic N) is 3. The zero-order valence-corrected chi connectivity index (χ0v) is 25.7. The van der Waals surface area contributed by atoms with E-state index in [2.05, 4.69) is 117 Å². The first-order valence-electron chi connectivity index (χ1n) is 13.3. The largest absolute Gasteiger partial charge is 0.468 e. The minimum absolute atomic E-state index is 0.217. The van der Waals surface area contributed by atoms with E-state index in [1.54, 1.807) is 0 Å². The van der Waals surface area contributed by atoms with Crippen molar-refractivity contribution in [3.05, 3.63) is 47.7 Å². The van der Waals surface area contributed by atoms with Crippen molar-refractivity contribution in [2.24, 2.45) is 16.8 Å². The predicted octanol–water partition coefficient (Wildman–Crippen LogP) is 6.66. The van der Waals surface area contributed by atoms with Gasteiger partial charge in [0, 0.05) is 37.1 Å². The van der Waals surface area contributed by atoms with Gasteiger partial charge >= 0.3 is 0 Å². The zero-order chi connectivity index (χ0) is 25.1. The monoisotopic (exact) mass is 716 g/mol. The van der Waals surface area contributed by atoms with Gasteiger partial charge in [0.2, 0.25) is 1.61 Å². The lowest BCUT2D eigenvalue weighted by Crippen LogP contribution is -2.44. The van der Waals surface area contributed by atoms with Gasteiger partial charge in [-0.15, -0.1) is 0 Å². The summed E-state index contributed by atoms with van der Waals surface area (Å²) in [6.45, 7) is 10.2. The Balaban J connectivity index is 1.44. The second kappa shape index (κ2) is 12.0. The van der Waals surface area contributed by atoms with Crippen LogP contribution in [-0.4, -0.2) is 50.1 Å². The molecule has 1 aromatic carbocycles. The molecule has 0 bridgehead atoms. The second-order valence-corrected chi connectivity index (χ2v) is 16.7. The topological polar surface area (TPSA) is 51.0 Å². The Morgan fingerprint density at radius 2 is 1.92 bits per heavy atom. The minimum Gasteiger partial charge on any atom is -0.468 e. The molecule has 0 aliphatic carbocycles. The van der Waals surface area contributed by atoms with Crippen LogP contribution in [0.1, 0.15) is 62.7 Å². The Kier molecular flexibility index (Phi) is 8.97. The molecule has 196 valence electrons. The van der Waals surface area contributed by atoms with Crippen LogP contribution in [0.25, 0.3) is 0 Å². The third-order valence-corrected chi connectivity index (χ3v) is 8.23. The number of piperidine rings is 1. The van der Waals surface area contributed by atoms with E-state index < -0.39 is 0 Å². The van der Waals surface area contributed by atoms with Crippen LogP contribution < -0.4 is 10.1 Å². The van der Waals surface area contributed by atoms with E-state index in [0.717, 1.165) is 57.3 Å². The number of ether oxygens (including phenoxy) is 2. The summed E-state index contributed by atoms with van der Waals surface area (Å²) in [7, 11) is 0. The molecule has 6 nitrogen and oxygen atoms in total. The molecular formula is C28H38I2N4O2. The van der Waals surface area contributed by atoms with Crippen LogP contribution in [0, 0.1) is 11.8 Å². The highest BCUT2D eigenvalue weighted by atomic mass is 127. The average Bonchev–Trinajstić information content (AvgIpc) is 3.22. The standard InChI is InChI=1S/C28H38I2N4O2/c1-20-4-3-12-32-27-24(11-15-33(27)18-21-9-13-31-14-10-21)26(20)34-16-17-35-19-25(34)22-5-7-23(8-6-22)36-28(2,29)30/h5-8,11-12,15,20-21,25-26,31H,3-4,9-10,13-14,16-19H2,1-2H3/b32-12-. The number of nitrogens with one attached hydrogen (secondary N) is 1. The number of aromatic nitrogens is 1. The van der Waals surface area contributed by atoms with Crippen molar-refractivity contribution >= 4 is 57.2 Å². The van der Waals surface area contributed by atoms with Crippen LogP contribution >= 0.6 is 45.2 Å². The van der Waals surface area contributed by atoms with Crippen LogP contribution in [-0.2, 0) is 11.3 Å². The Hall–Kier alpha value is -0.690. The molecule has 5 rings (SSSR count). The lowest BCUT2D eigenvalue weighted by molar-refractivity contribution is -0.0430. The molecule has 0 saturated carbocycles. The number of alkyl halides is 2. The van der Waals surface area contributed by atoms with E-state index in [-0.39, 0.29) is 7.66 Å². The Morgan fingerprint density at radius 1 is 1.14 bits per heavy atom. The molecule has 2 saturated heterocycles. The highest BCUT2D eigenvalue weighted by Crippen LogP contribution is 2.44. The van der Waals surface area contributed by atoms with Crippen molar-refractivity contribution in [2.75, 3.05) is 32.8 Å². The number of halogens is 2. The summed E-state index contributed by atoms with van der Waals surface area (Å²) >= 11 is 4.63. The number of morpholine rings is 1. The lowest BCUT2D eigenvalue weighted by atomic mass is 9.87.